The van der Waals surface area contributed by atoms with Crippen LogP contribution in [0.4, 0.5) is 0 Å². The van der Waals surface area contributed by atoms with E-state index in [1.807, 2.05) is 0 Å². The number of nitrogens with zero attached hydrogens (tertiary/aromatic N) is 1. The summed E-state index contributed by atoms with van der Waals surface area (Å²) in [5, 5.41) is 0. The maximum atomic E-state index is 6.00. The van der Waals surface area contributed by atoms with Crippen molar-refractivity contribution in [2.45, 2.75) is 65.1 Å². The van der Waals surface area contributed by atoms with Gasteiger partial charge in [0.25, 0.3) is 0 Å². The molecule has 2 nitrogen and oxygen atoms in total. The molecule has 1 aliphatic heterocycles. The van der Waals surface area contributed by atoms with Crippen LogP contribution in [0.3, 0.4) is 0 Å². The van der Waals surface area contributed by atoms with E-state index in [1.165, 1.54) is 36.0 Å². The molecule has 0 amide bonds. The van der Waals surface area contributed by atoms with Gasteiger partial charge in [0.2, 0.25) is 0 Å². The molecule has 2 heteroatoms. The fraction of sp³-hybridized carbons (Fsp3) is 0.647. The highest BCUT2D eigenvalue weighted by Crippen LogP contribution is 2.33. The summed E-state index contributed by atoms with van der Waals surface area (Å²) < 4.78 is 0. The van der Waals surface area contributed by atoms with E-state index in [0.29, 0.717) is 18.1 Å². The topological polar surface area (TPSA) is 29.3 Å². The van der Waals surface area contributed by atoms with E-state index >= 15 is 0 Å². The van der Waals surface area contributed by atoms with E-state index in [0.717, 1.165) is 6.54 Å². The van der Waals surface area contributed by atoms with Crippen molar-refractivity contribution in [1.29, 1.82) is 0 Å². The van der Waals surface area contributed by atoms with Crippen molar-refractivity contribution in [3.05, 3.63) is 34.9 Å². The Morgan fingerprint density at radius 1 is 1.32 bits per heavy atom. The highest BCUT2D eigenvalue weighted by molar-refractivity contribution is 5.33. The molecule has 0 aromatic heterocycles. The number of nitrogens with two attached hydrogens (primary N) is 1. The van der Waals surface area contributed by atoms with Crippen LogP contribution in [0.15, 0.2) is 18.2 Å². The van der Waals surface area contributed by atoms with Crippen molar-refractivity contribution in [3.63, 3.8) is 0 Å². The van der Waals surface area contributed by atoms with E-state index in [2.05, 4.69) is 50.8 Å². The fourth-order valence-electron chi connectivity index (χ4n) is 3.62. The molecule has 0 bridgehead atoms. The second-order valence-electron chi connectivity index (χ2n) is 6.15. The lowest BCUT2D eigenvalue weighted by Crippen LogP contribution is -2.49. The SMILES string of the molecule is Cc1ccc(C)c(C(C)N2C(C)CCCC2CN)c1. The predicted octanol–water partition coefficient (Wildman–Crippen LogP) is 3.57. The maximum absolute atomic E-state index is 6.00. The van der Waals surface area contributed by atoms with E-state index < -0.39 is 0 Å². The smallest absolute Gasteiger partial charge is 0.0328 e. The first-order valence-corrected chi connectivity index (χ1v) is 7.59. The maximum Gasteiger partial charge on any atom is 0.0328 e. The monoisotopic (exact) mass is 260 g/mol. The second-order valence-corrected chi connectivity index (χ2v) is 6.15. The van der Waals surface area contributed by atoms with Crippen molar-refractivity contribution < 1.29 is 0 Å². The molecule has 1 aliphatic rings. The van der Waals surface area contributed by atoms with E-state index in [9.17, 15) is 0 Å². The zero-order valence-electron chi connectivity index (χ0n) is 12.8. The number of aryl methyl sites for hydroxylation is 2. The van der Waals surface area contributed by atoms with Crippen LogP contribution in [0.5, 0.6) is 0 Å². The minimum absolute atomic E-state index is 0.462. The van der Waals surface area contributed by atoms with E-state index in [-0.39, 0.29) is 0 Å². The van der Waals surface area contributed by atoms with Crippen molar-refractivity contribution in [2.75, 3.05) is 6.54 Å². The zero-order valence-corrected chi connectivity index (χ0v) is 12.8. The molecular weight excluding hydrogens is 232 g/mol. The van der Waals surface area contributed by atoms with Crippen LogP contribution < -0.4 is 5.73 Å². The third-order valence-corrected chi connectivity index (χ3v) is 4.69. The number of hydrogen-bond donors (Lipinski definition) is 1. The molecule has 1 fully saturated rings. The highest BCUT2D eigenvalue weighted by atomic mass is 15.2. The highest BCUT2D eigenvalue weighted by Gasteiger charge is 2.31. The molecule has 1 aromatic carbocycles. The van der Waals surface area contributed by atoms with Crippen LogP contribution in [0.1, 0.15) is 55.8 Å². The molecule has 3 unspecified atom stereocenters. The van der Waals surface area contributed by atoms with Crippen LogP contribution in [0.2, 0.25) is 0 Å². The average Bonchev–Trinajstić information content (AvgIpc) is 2.40. The molecular formula is C17H28N2. The summed E-state index contributed by atoms with van der Waals surface area (Å²) in [4.78, 5) is 2.64. The van der Waals surface area contributed by atoms with Crippen LogP contribution in [-0.4, -0.2) is 23.5 Å². The number of piperidine rings is 1. The Morgan fingerprint density at radius 2 is 2.05 bits per heavy atom. The fourth-order valence-corrected chi connectivity index (χ4v) is 3.62. The minimum atomic E-state index is 0.462. The van der Waals surface area contributed by atoms with Crippen LogP contribution in [0.25, 0.3) is 0 Å². The Labute approximate surface area is 118 Å². The Hall–Kier alpha value is -0.860. The molecule has 1 aromatic rings. The molecule has 1 heterocycles. The third-order valence-electron chi connectivity index (χ3n) is 4.69. The normalized spacial score (nSPS) is 26.4. The van der Waals surface area contributed by atoms with Crippen molar-refractivity contribution in [3.8, 4) is 0 Å². The summed E-state index contributed by atoms with van der Waals surface area (Å²) in [5.74, 6) is 0. The molecule has 0 aliphatic carbocycles. The molecule has 3 atom stereocenters. The summed E-state index contributed by atoms with van der Waals surface area (Å²) in [5.41, 5.74) is 10.2. The molecule has 1 saturated heterocycles. The van der Waals surface area contributed by atoms with Gasteiger partial charge in [-0.05, 0) is 51.7 Å². The van der Waals surface area contributed by atoms with Gasteiger partial charge in [0.1, 0.15) is 0 Å². The Bertz CT molecular complexity index is 427. The summed E-state index contributed by atoms with van der Waals surface area (Å²) in [7, 11) is 0. The van der Waals surface area contributed by atoms with Gasteiger partial charge in [0.15, 0.2) is 0 Å². The molecule has 0 saturated carbocycles. The van der Waals surface area contributed by atoms with E-state index in [4.69, 9.17) is 5.73 Å². The van der Waals surface area contributed by atoms with Gasteiger partial charge < -0.3 is 5.73 Å². The van der Waals surface area contributed by atoms with Gasteiger partial charge in [-0.1, -0.05) is 30.2 Å². The van der Waals surface area contributed by atoms with Crippen molar-refractivity contribution >= 4 is 0 Å². The molecule has 2 rings (SSSR count). The van der Waals surface area contributed by atoms with Gasteiger partial charge in [0.05, 0.1) is 0 Å². The molecule has 19 heavy (non-hydrogen) atoms. The number of benzene rings is 1. The lowest BCUT2D eigenvalue weighted by Gasteiger charge is -2.44. The summed E-state index contributed by atoms with van der Waals surface area (Å²) >= 11 is 0. The predicted molar refractivity (Wildman–Crippen MR) is 82.3 cm³/mol. The van der Waals surface area contributed by atoms with Gasteiger partial charge >= 0.3 is 0 Å². The first-order valence-electron chi connectivity index (χ1n) is 7.59. The van der Waals surface area contributed by atoms with Gasteiger partial charge in [-0.15, -0.1) is 0 Å². The molecule has 2 N–H and O–H groups in total. The Kier molecular flexibility index (Phi) is 4.64. The number of rotatable bonds is 3. The number of likely N-dealkylation sites (tertiary alicyclic amines) is 1. The van der Waals surface area contributed by atoms with Crippen LogP contribution in [0, 0.1) is 13.8 Å². The Balaban J connectivity index is 2.30. The quantitative estimate of drug-likeness (QED) is 0.900. The third kappa shape index (κ3) is 3.01. The first kappa shape index (κ1) is 14.5. The van der Waals surface area contributed by atoms with E-state index in [1.54, 1.807) is 0 Å². The van der Waals surface area contributed by atoms with Gasteiger partial charge in [-0.3, -0.25) is 4.90 Å². The Morgan fingerprint density at radius 3 is 2.74 bits per heavy atom. The standard InChI is InChI=1S/C17H28N2/c1-12-8-9-13(2)17(10-12)15(4)19-14(3)6-5-7-16(19)11-18/h8-10,14-16H,5-7,11,18H2,1-4H3. The zero-order chi connectivity index (χ0) is 14.0. The van der Waals surface area contributed by atoms with Crippen LogP contribution >= 0.6 is 0 Å². The molecule has 0 radical (unpaired) electrons. The lowest BCUT2D eigenvalue weighted by atomic mass is 9.90. The summed E-state index contributed by atoms with van der Waals surface area (Å²) in [6, 6.07) is 8.42. The van der Waals surface area contributed by atoms with Crippen molar-refractivity contribution in [1.82, 2.24) is 4.90 Å². The number of hydrogen-bond acceptors (Lipinski definition) is 2. The van der Waals surface area contributed by atoms with Gasteiger partial charge in [-0.2, -0.15) is 0 Å². The van der Waals surface area contributed by atoms with Gasteiger partial charge in [0, 0.05) is 24.7 Å². The van der Waals surface area contributed by atoms with Crippen LogP contribution in [-0.2, 0) is 0 Å². The largest absolute Gasteiger partial charge is 0.329 e. The summed E-state index contributed by atoms with van der Waals surface area (Å²) in [6.07, 6.45) is 3.86. The van der Waals surface area contributed by atoms with Gasteiger partial charge in [-0.25, -0.2) is 0 Å². The second kappa shape index (κ2) is 6.06. The average molecular weight is 260 g/mol. The first-order chi connectivity index (χ1) is 9.04. The lowest BCUT2D eigenvalue weighted by molar-refractivity contribution is 0.0567. The summed E-state index contributed by atoms with van der Waals surface area (Å²) in [6.45, 7) is 9.86. The van der Waals surface area contributed by atoms with Crippen molar-refractivity contribution in [2.24, 2.45) is 5.73 Å². The minimum Gasteiger partial charge on any atom is -0.329 e. The molecule has 106 valence electrons. The molecule has 0 spiro atoms.